The first-order valence-corrected chi connectivity index (χ1v) is 12.0. The summed E-state index contributed by atoms with van der Waals surface area (Å²) in [6.45, 7) is 2.75. The molecule has 0 bridgehead atoms. The molecule has 3 aliphatic rings. The third kappa shape index (κ3) is 4.15. The van der Waals surface area contributed by atoms with Gasteiger partial charge in [-0.25, -0.2) is 4.79 Å². The van der Waals surface area contributed by atoms with Crippen molar-refractivity contribution < 1.29 is 24.2 Å². The molecule has 2 aromatic rings. The van der Waals surface area contributed by atoms with E-state index in [9.17, 15) is 19.5 Å². The number of hydrogen-bond donors (Lipinski definition) is 2. The number of carboxylic acids is 1. The van der Waals surface area contributed by atoms with Crippen LogP contribution in [0.2, 0.25) is 0 Å². The molecule has 5 rings (SSSR count). The fourth-order valence-electron chi connectivity index (χ4n) is 5.55. The number of carbonyl (C=O) groups excluding carboxylic acids is 2. The smallest absolute Gasteiger partial charge is 0.407 e. The fraction of sp³-hybridized carbons (Fsp3) is 0.444. The van der Waals surface area contributed by atoms with E-state index in [1.165, 1.54) is 22.3 Å². The van der Waals surface area contributed by atoms with Crippen LogP contribution in [0.4, 0.5) is 4.79 Å². The molecule has 1 saturated carbocycles. The van der Waals surface area contributed by atoms with Gasteiger partial charge in [-0.15, -0.1) is 0 Å². The van der Waals surface area contributed by atoms with Crippen molar-refractivity contribution in [3.63, 3.8) is 0 Å². The monoisotopic (exact) mass is 462 g/mol. The number of benzene rings is 2. The highest BCUT2D eigenvalue weighted by Gasteiger charge is 2.43. The fourth-order valence-corrected chi connectivity index (χ4v) is 5.55. The van der Waals surface area contributed by atoms with Gasteiger partial charge < -0.3 is 20.1 Å². The van der Waals surface area contributed by atoms with E-state index in [-0.39, 0.29) is 36.9 Å². The predicted molar refractivity (Wildman–Crippen MR) is 126 cm³/mol. The van der Waals surface area contributed by atoms with Crippen LogP contribution < -0.4 is 5.32 Å². The molecule has 178 valence electrons. The summed E-state index contributed by atoms with van der Waals surface area (Å²) in [6, 6.07) is 16.5. The van der Waals surface area contributed by atoms with Crippen molar-refractivity contribution in [2.75, 3.05) is 19.7 Å². The van der Waals surface area contributed by atoms with Gasteiger partial charge in [-0.3, -0.25) is 9.59 Å². The van der Waals surface area contributed by atoms with Crippen LogP contribution in [-0.2, 0) is 14.3 Å². The van der Waals surface area contributed by atoms with Gasteiger partial charge >= 0.3 is 12.1 Å². The third-order valence-electron chi connectivity index (χ3n) is 7.71. The standard InChI is InChI=1S/C27H30N2O5/c1-27(25(31)32)10-11-29(16-27)24(30)14-17-12-18(13-17)28-26(33)34-15-23-21-8-4-2-6-19(21)20-7-3-5-9-22(20)23/h2-9,17-18,23H,10-16H2,1H3,(H,28,33)(H,31,32). The van der Waals surface area contributed by atoms with Gasteiger partial charge in [0.05, 0.1) is 5.41 Å². The van der Waals surface area contributed by atoms with E-state index in [0.717, 1.165) is 12.8 Å². The number of rotatable bonds is 6. The maximum atomic E-state index is 12.6. The lowest BCUT2D eigenvalue weighted by Gasteiger charge is -2.36. The van der Waals surface area contributed by atoms with Crippen LogP contribution in [-0.4, -0.2) is 53.7 Å². The summed E-state index contributed by atoms with van der Waals surface area (Å²) in [6.07, 6.45) is 1.94. The molecule has 0 spiro atoms. The number of fused-ring (bicyclic) bond motifs is 3. The van der Waals surface area contributed by atoms with Crippen molar-refractivity contribution in [2.24, 2.45) is 11.3 Å². The number of nitrogens with zero attached hydrogens (tertiary/aromatic N) is 1. The highest BCUT2D eigenvalue weighted by molar-refractivity contribution is 5.81. The third-order valence-corrected chi connectivity index (χ3v) is 7.71. The van der Waals surface area contributed by atoms with Gasteiger partial charge in [-0.2, -0.15) is 0 Å². The molecule has 1 heterocycles. The second-order valence-corrected chi connectivity index (χ2v) is 10.1. The van der Waals surface area contributed by atoms with E-state index in [4.69, 9.17) is 4.74 Å². The zero-order chi connectivity index (χ0) is 23.9. The number of aliphatic carboxylic acids is 1. The quantitative estimate of drug-likeness (QED) is 0.676. The SMILES string of the molecule is CC1(C(=O)O)CCN(C(=O)CC2CC(NC(=O)OCC3c4ccccc4-c4ccccc43)C2)C1. The Balaban J connectivity index is 1.07. The summed E-state index contributed by atoms with van der Waals surface area (Å²) in [4.78, 5) is 38.1. The minimum absolute atomic E-state index is 0.00886. The topological polar surface area (TPSA) is 95.9 Å². The van der Waals surface area contributed by atoms with Crippen LogP contribution in [0.15, 0.2) is 48.5 Å². The average Bonchev–Trinajstić information content (AvgIpc) is 3.36. The van der Waals surface area contributed by atoms with Crippen molar-refractivity contribution in [1.29, 1.82) is 0 Å². The number of ether oxygens (including phenoxy) is 1. The van der Waals surface area contributed by atoms with Crippen LogP contribution in [0.25, 0.3) is 11.1 Å². The van der Waals surface area contributed by atoms with Crippen molar-refractivity contribution in [3.05, 3.63) is 59.7 Å². The van der Waals surface area contributed by atoms with Crippen LogP contribution in [0.5, 0.6) is 0 Å². The molecule has 1 atom stereocenters. The number of likely N-dealkylation sites (tertiary alicyclic amines) is 1. The maximum absolute atomic E-state index is 12.6. The van der Waals surface area contributed by atoms with E-state index in [1.54, 1.807) is 11.8 Å². The summed E-state index contributed by atoms with van der Waals surface area (Å²) in [7, 11) is 0. The molecule has 7 nitrogen and oxygen atoms in total. The first-order chi connectivity index (χ1) is 16.3. The Morgan fingerprint density at radius 3 is 2.26 bits per heavy atom. The molecular weight excluding hydrogens is 432 g/mol. The van der Waals surface area contributed by atoms with Crippen LogP contribution in [0.3, 0.4) is 0 Å². The zero-order valence-corrected chi connectivity index (χ0v) is 19.3. The van der Waals surface area contributed by atoms with Crippen LogP contribution >= 0.6 is 0 Å². The molecule has 34 heavy (non-hydrogen) atoms. The lowest BCUT2D eigenvalue weighted by molar-refractivity contribution is -0.147. The molecule has 1 unspecified atom stereocenters. The normalized spacial score (nSPS) is 25.3. The number of amides is 2. The van der Waals surface area contributed by atoms with Gasteiger partial charge in [0, 0.05) is 31.5 Å². The molecule has 2 N–H and O–H groups in total. The van der Waals surface area contributed by atoms with Gasteiger partial charge in [0.1, 0.15) is 6.61 Å². The van der Waals surface area contributed by atoms with Crippen LogP contribution in [0.1, 0.15) is 49.7 Å². The summed E-state index contributed by atoms with van der Waals surface area (Å²) >= 11 is 0. The van der Waals surface area contributed by atoms with Gasteiger partial charge in [0.15, 0.2) is 0 Å². The van der Waals surface area contributed by atoms with Crippen molar-refractivity contribution in [2.45, 2.75) is 44.6 Å². The van der Waals surface area contributed by atoms with E-state index < -0.39 is 17.5 Å². The molecule has 7 heteroatoms. The van der Waals surface area contributed by atoms with Gasteiger partial charge in [0.25, 0.3) is 0 Å². The Morgan fingerprint density at radius 1 is 1.06 bits per heavy atom. The Labute approximate surface area is 199 Å². The summed E-state index contributed by atoms with van der Waals surface area (Å²) in [5.74, 6) is -0.599. The molecule has 0 aromatic heterocycles. The van der Waals surface area contributed by atoms with Crippen molar-refractivity contribution in [1.82, 2.24) is 10.2 Å². The largest absolute Gasteiger partial charge is 0.481 e. The Kier molecular flexibility index (Phi) is 5.80. The van der Waals surface area contributed by atoms with Crippen LogP contribution in [0, 0.1) is 11.3 Å². The highest BCUT2D eigenvalue weighted by atomic mass is 16.5. The molecule has 0 radical (unpaired) electrons. The molecule has 1 saturated heterocycles. The molecular formula is C27H30N2O5. The Hall–Kier alpha value is -3.35. The Bertz CT molecular complexity index is 1080. The second-order valence-electron chi connectivity index (χ2n) is 10.1. The van der Waals surface area contributed by atoms with E-state index >= 15 is 0 Å². The Morgan fingerprint density at radius 2 is 1.68 bits per heavy atom. The molecule has 2 aliphatic carbocycles. The number of alkyl carbamates (subject to hydrolysis) is 1. The highest BCUT2D eigenvalue weighted by Crippen LogP contribution is 2.44. The molecule has 2 amide bonds. The molecule has 2 fully saturated rings. The van der Waals surface area contributed by atoms with Gasteiger partial charge in [-0.1, -0.05) is 48.5 Å². The van der Waals surface area contributed by atoms with E-state index in [2.05, 4.69) is 29.6 Å². The average molecular weight is 463 g/mol. The lowest BCUT2D eigenvalue weighted by atomic mass is 9.78. The van der Waals surface area contributed by atoms with Crippen molar-refractivity contribution in [3.8, 4) is 11.1 Å². The number of hydrogen-bond acceptors (Lipinski definition) is 4. The summed E-state index contributed by atoms with van der Waals surface area (Å²) in [5, 5.41) is 12.3. The minimum Gasteiger partial charge on any atom is -0.481 e. The number of nitrogens with one attached hydrogen (secondary N) is 1. The predicted octanol–water partition coefficient (Wildman–Crippen LogP) is 4.02. The lowest BCUT2D eigenvalue weighted by Crippen LogP contribution is -2.46. The minimum atomic E-state index is -0.848. The van der Waals surface area contributed by atoms with E-state index in [0.29, 0.717) is 19.4 Å². The second kappa shape index (κ2) is 8.78. The number of carboxylic acid groups (broad SMARTS) is 1. The number of carbonyl (C=O) groups is 3. The molecule has 1 aliphatic heterocycles. The van der Waals surface area contributed by atoms with E-state index in [1.807, 2.05) is 24.3 Å². The van der Waals surface area contributed by atoms with Gasteiger partial charge in [0.2, 0.25) is 5.91 Å². The first kappa shape index (κ1) is 22.4. The maximum Gasteiger partial charge on any atom is 0.407 e. The summed E-state index contributed by atoms with van der Waals surface area (Å²) < 4.78 is 5.61. The first-order valence-electron chi connectivity index (χ1n) is 12.0. The van der Waals surface area contributed by atoms with Gasteiger partial charge in [-0.05, 0) is 54.4 Å². The van der Waals surface area contributed by atoms with Crippen molar-refractivity contribution >= 4 is 18.0 Å². The zero-order valence-electron chi connectivity index (χ0n) is 19.3. The molecule has 2 aromatic carbocycles. The summed E-state index contributed by atoms with van der Waals surface area (Å²) in [5.41, 5.74) is 3.91.